The van der Waals surface area contributed by atoms with Crippen molar-refractivity contribution in [3.8, 4) is 11.5 Å². The highest BCUT2D eigenvalue weighted by Gasteiger charge is 2.26. The number of aromatic nitrogens is 4. The van der Waals surface area contributed by atoms with Crippen LogP contribution < -0.4 is 10.5 Å². The lowest BCUT2D eigenvalue weighted by molar-refractivity contribution is 0.574. The van der Waals surface area contributed by atoms with E-state index < -0.39 is 16.1 Å². The molecule has 9 nitrogen and oxygen atoms in total. The third-order valence-corrected chi connectivity index (χ3v) is 5.17. The molecule has 130 valence electrons. The summed E-state index contributed by atoms with van der Waals surface area (Å²) in [6.07, 6.45) is 8.21. The summed E-state index contributed by atoms with van der Waals surface area (Å²) in [7, 11) is -2.16. The molecule has 0 radical (unpaired) electrons. The van der Waals surface area contributed by atoms with Crippen LogP contribution in [0.4, 0.5) is 0 Å². The number of nitrogens with two attached hydrogens (primary N) is 1. The average molecular weight is 359 g/mol. The van der Waals surface area contributed by atoms with Crippen LogP contribution in [-0.4, -0.2) is 47.4 Å². The van der Waals surface area contributed by atoms with Crippen molar-refractivity contribution < 1.29 is 8.42 Å². The molecule has 0 fully saturated rings. The number of nitrogens with zero attached hydrogens (tertiary/aromatic N) is 4. The quantitative estimate of drug-likeness (QED) is 0.721. The molecule has 4 N–H and O–H groups in total. The molecule has 1 unspecified atom stereocenters. The summed E-state index contributed by atoms with van der Waals surface area (Å²) in [6.45, 7) is 0. The molecule has 10 heteroatoms. The minimum absolute atomic E-state index is 0.0547. The van der Waals surface area contributed by atoms with Gasteiger partial charge in [-0.25, -0.2) is 18.1 Å². The van der Waals surface area contributed by atoms with Crippen molar-refractivity contribution >= 4 is 15.7 Å². The number of sulfonamides is 1. The number of allylic oxidation sites excluding steroid dienone is 1. The summed E-state index contributed by atoms with van der Waals surface area (Å²) in [5, 5.41) is 6.41. The molecule has 0 aliphatic heterocycles. The predicted molar refractivity (Wildman–Crippen MR) is 93.1 cm³/mol. The zero-order chi connectivity index (χ0) is 17.9. The Morgan fingerprint density at radius 1 is 1.40 bits per heavy atom. The molecule has 2 aromatic rings. The summed E-state index contributed by atoms with van der Waals surface area (Å²) < 4.78 is 27.9. The predicted octanol–water partition coefficient (Wildman–Crippen LogP) is 0.387. The molecule has 0 bridgehead atoms. The molecule has 1 aliphatic rings. The maximum atomic E-state index is 12.6. The van der Waals surface area contributed by atoms with Gasteiger partial charge in [-0.15, -0.1) is 0 Å². The number of nitrogens with one attached hydrogen (secondary N) is 2. The molecule has 0 spiro atoms. The Hall–Kier alpha value is -2.85. The Labute approximate surface area is 144 Å². The molecule has 1 aliphatic carbocycles. The van der Waals surface area contributed by atoms with Crippen LogP contribution in [0.25, 0.3) is 11.5 Å². The van der Waals surface area contributed by atoms with Crippen LogP contribution in [0.2, 0.25) is 0 Å². The highest BCUT2D eigenvalue weighted by Crippen LogP contribution is 2.18. The van der Waals surface area contributed by atoms with Crippen LogP contribution >= 0.6 is 0 Å². The van der Waals surface area contributed by atoms with E-state index in [4.69, 9.17) is 5.73 Å². The lowest BCUT2D eigenvalue weighted by Gasteiger charge is -2.23. The van der Waals surface area contributed by atoms with E-state index in [1.165, 1.54) is 24.8 Å². The minimum Gasteiger partial charge on any atom is -0.404 e. The molecule has 2 heterocycles. The maximum Gasteiger partial charge on any atom is 0.242 e. The SMILES string of the molecule is CN=C1/C(=C\N)C=CCC1NS(=O)(=O)c1ccc(-c2ncn[nH]2)nc1. The first-order valence-corrected chi connectivity index (χ1v) is 8.93. The number of pyridine rings is 1. The third kappa shape index (κ3) is 3.49. The molecular formula is C15H17N7O2S. The highest BCUT2D eigenvalue weighted by atomic mass is 32.2. The van der Waals surface area contributed by atoms with E-state index in [9.17, 15) is 8.42 Å². The van der Waals surface area contributed by atoms with Crippen molar-refractivity contribution in [1.82, 2.24) is 24.9 Å². The van der Waals surface area contributed by atoms with Crippen molar-refractivity contribution in [2.24, 2.45) is 10.7 Å². The maximum absolute atomic E-state index is 12.6. The molecule has 1 atom stereocenters. The Bertz CT molecular complexity index is 929. The summed E-state index contributed by atoms with van der Waals surface area (Å²) in [6, 6.07) is 2.55. The molecule has 3 rings (SSSR count). The van der Waals surface area contributed by atoms with Gasteiger partial charge in [0.05, 0.1) is 11.8 Å². The molecule has 0 saturated heterocycles. The fourth-order valence-electron chi connectivity index (χ4n) is 2.52. The first-order valence-electron chi connectivity index (χ1n) is 7.45. The van der Waals surface area contributed by atoms with E-state index in [2.05, 4.69) is 29.9 Å². The number of aromatic amines is 1. The van der Waals surface area contributed by atoms with E-state index in [0.717, 1.165) is 0 Å². The first kappa shape index (κ1) is 17.0. The van der Waals surface area contributed by atoms with Gasteiger partial charge in [0, 0.05) is 25.0 Å². The second kappa shape index (κ2) is 6.95. The van der Waals surface area contributed by atoms with Gasteiger partial charge in [0.1, 0.15) is 16.9 Å². The molecule has 0 saturated carbocycles. The number of hydrogen-bond acceptors (Lipinski definition) is 7. The standard InChI is InChI=1S/C15H17N7O2S/c1-17-14-10(7-16)3-2-4-12(14)22-25(23,24)11-5-6-13(18-8-11)15-19-9-20-21-15/h2-3,5-9,12,22H,4,16H2,1H3,(H,19,20,21)/b10-7-,17-14?. The Balaban J connectivity index is 1.83. The topological polar surface area (TPSA) is 139 Å². The fourth-order valence-corrected chi connectivity index (χ4v) is 3.68. The van der Waals surface area contributed by atoms with Gasteiger partial charge < -0.3 is 5.73 Å². The van der Waals surface area contributed by atoms with Gasteiger partial charge in [-0.2, -0.15) is 5.10 Å². The largest absolute Gasteiger partial charge is 0.404 e. The van der Waals surface area contributed by atoms with Crippen LogP contribution in [0.5, 0.6) is 0 Å². The minimum atomic E-state index is -3.76. The normalized spacial score (nSPS) is 21.1. The first-order chi connectivity index (χ1) is 12.0. The lowest BCUT2D eigenvalue weighted by Crippen LogP contribution is -2.42. The van der Waals surface area contributed by atoms with Crippen molar-refractivity contribution in [3.63, 3.8) is 0 Å². The molecular weight excluding hydrogens is 342 g/mol. The summed E-state index contributed by atoms with van der Waals surface area (Å²) in [5.74, 6) is 0.465. The second-order valence-electron chi connectivity index (χ2n) is 5.26. The van der Waals surface area contributed by atoms with Crippen molar-refractivity contribution in [2.75, 3.05) is 7.05 Å². The van der Waals surface area contributed by atoms with E-state index >= 15 is 0 Å². The monoisotopic (exact) mass is 359 g/mol. The van der Waals surface area contributed by atoms with Crippen LogP contribution in [0.15, 0.2) is 58.5 Å². The number of aliphatic imine (C=N–C) groups is 1. The summed E-state index contributed by atoms with van der Waals surface area (Å²) in [4.78, 5) is 12.3. The fraction of sp³-hybridized carbons (Fsp3) is 0.200. The van der Waals surface area contributed by atoms with Gasteiger partial charge in [0.25, 0.3) is 0 Å². The lowest BCUT2D eigenvalue weighted by atomic mass is 9.96. The average Bonchev–Trinajstić information content (AvgIpc) is 3.16. The number of rotatable bonds is 4. The molecule has 2 aromatic heterocycles. The van der Waals surface area contributed by atoms with E-state index in [-0.39, 0.29) is 4.90 Å². The van der Waals surface area contributed by atoms with Gasteiger partial charge in [0.2, 0.25) is 10.0 Å². The summed E-state index contributed by atoms with van der Waals surface area (Å²) in [5.41, 5.74) is 7.37. The number of H-pyrrole nitrogens is 1. The smallest absolute Gasteiger partial charge is 0.242 e. The van der Waals surface area contributed by atoms with Crippen molar-refractivity contribution in [1.29, 1.82) is 0 Å². The van der Waals surface area contributed by atoms with Gasteiger partial charge >= 0.3 is 0 Å². The van der Waals surface area contributed by atoms with Crippen LogP contribution in [-0.2, 0) is 10.0 Å². The van der Waals surface area contributed by atoms with Crippen molar-refractivity contribution in [2.45, 2.75) is 17.4 Å². The van der Waals surface area contributed by atoms with E-state index in [1.807, 2.05) is 12.2 Å². The Morgan fingerprint density at radius 3 is 2.84 bits per heavy atom. The zero-order valence-corrected chi connectivity index (χ0v) is 14.2. The Kier molecular flexibility index (Phi) is 4.72. The van der Waals surface area contributed by atoms with Crippen molar-refractivity contribution in [3.05, 3.63) is 48.6 Å². The van der Waals surface area contributed by atoms with Crippen LogP contribution in [0, 0.1) is 0 Å². The molecule has 0 amide bonds. The zero-order valence-electron chi connectivity index (χ0n) is 13.4. The highest BCUT2D eigenvalue weighted by molar-refractivity contribution is 7.89. The molecule has 0 aromatic carbocycles. The van der Waals surface area contributed by atoms with E-state index in [0.29, 0.717) is 29.2 Å². The van der Waals surface area contributed by atoms with Crippen LogP contribution in [0.3, 0.4) is 0 Å². The Morgan fingerprint density at radius 2 is 2.24 bits per heavy atom. The van der Waals surface area contributed by atoms with Gasteiger partial charge in [-0.05, 0) is 18.6 Å². The van der Waals surface area contributed by atoms with Gasteiger partial charge in [0.15, 0.2) is 5.82 Å². The van der Waals surface area contributed by atoms with Crippen LogP contribution in [0.1, 0.15) is 6.42 Å². The number of hydrogen-bond donors (Lipinski definition) is 3. The third-order valence-electron chi connectivity index (χ3n) is 3.72. The molecule has 25 heavy (non-hydrogen) atoms. The van der Waals surface area contributed by atoms with E-state index in [1.54, 1.807) is 13.1 Å². The van der Waals surface area contributed by atoms with Gasteiger partial charge in [-0.1, -0.05) is 12.2 Å². The van der Waals surface area contributed by atoms with Gasteiger partial charge in [-0.3, -0.25) is 15.1 Å². The second-order valence-corrected chi connectivity index (χ2v) is 6.97. The summed E-state index contributed by atoms with van der Waals surface area (Å²) >= 11 is 0.